The molecule has 186 valence electrons. The van der Waals surface area contributed by atoms with Gasteiger partial charge in [-0.05, 0) is 57.0 Å². The second-order valence-corrected chi connectivity index (χ2v) is 8.29. The molecule has 9 nitrogen and oxygen atoms in total. The Kier molecular flexibility index (Phi) is 8.06. The van der Waals surface area contributed by atoms with E-state index in [-0.39, 0.29) is 23.9 Å². The summed E-state index contributed by atoms with van der Waals surface area (Å²) in [6.07, 6.45) is 5.09. The third-order valence-electron chi connectivity index (χ3n) is 5.74. The van der Waals surface area contributed by atoms with E-state index >= 15 is 0 Å². The molecule has 0 aliphatic carbocycles. The maximum absolute atomic E-state index is 13.3. The van der Waals surface area contributed by atoms with Gasteiger partial charge < -0.3 is 10.6 Å². The molecule has 10 heteroatoms. The highest BCUT2D eigenvalue weighted by Gasteiger charge is 2.23. The number of unbranched alkanes of at least 4 members (excludes halogenated alkanes) is 1. The normalized spacial score (nSPS) is 11.3. The van der Waals surface area contributed by atoms with Crippen molar-refractivity contribution in [1.82, 2.24) is 19.3 Å². The van der Waals surface area contributed by atoms with Crippen LogP contribution >= 0.6 is 0 Å². The van der Waals surface area contributed by atoms with Crippen molar-refractivity contribution < 1.29 is 9.18 Å². The Morgan fingerprint density at radius 1 is 1.17 bits per heavy atom. The lowest BCUT2D eigenvalue weighted by atomic mass is 10.1. The fourth-order valence-corrected chi connectivity index (χ4v) is 3.91. The van der Waals surface area contributed by atoms with Gasteiger partial charge in [-0.3, -0.25) is 19.1 Å². The number of nitrogens with one attached hydrogen (secondary N) is 1. The number of hydrogen-bond donors (Lipinski definition) is 2. The van der Waals surface area contributed by atoms with Crippen LogP contribution in [0.2, 0.25) is 0 Å². The maximum Gasteiger partial charge on any atom is 0.330 e. The molecule has 3 aromatic rings. The zero-order valence-corrected chi connectivity index (χ0v) is 20.5. The van der Waals surface area contributed by atoms with Crippen molar-refractivity contribution in [3.8, 4) is 5.69 Å². The smallest absolute Gasteiger partial charge is 0.330 e. The zero-order chi connectivity index (χ0) is 25.7. The molecule has 1 amide bonds. The van der Waals surface area contributed by atoms with Crippen LogP contribution in [-0.2, 0) is 11.3 Å². The van der Waals surface area contributed by atoms with Gasteiger partial charge in [-0.2, -0.15) is 5.10 Å². The van der Waals surface area contributed by atoms with E-state index in [0.717, 1.165) is 17.7 Å². The van der Waals surface area contributed by atoms with E-state index in [1.807, 2.05) is 27.7 Å². The van der Waals surface area contributed by atoms with Crippen molar-refractivity contribution in [2.75, 3.05) is 17.2 Å². The Balaban J connectivity index is 2.00. The summed E-state index contributed by atoms with van der Waals surface area (Å²) in [6, 6.07) is 5.97. The maximum atomic E-state index is 13.3. The van der Waals surface area contributed by atoms with Crippen LogP contribution in [0.5, 0.6) is 0 Å². The largest absolute Gasteiger partial charge is 0.383 e. The monoisotopic (exact) mass is 482 g/mol. The number of halogens is 1. The van der Waals surface area contributed by atoms with Crippen LogP contribution in [0.3, 0.4) is 0 Å². The quantitative estimate of drug-likeness (QED) is 0.454. The van der Waals surface area contributed by atoms with E-state index in [2.05, 4.69) is 10.1 Å². The predicted octanol–water partition coefficient (Wildman–Crippen LogP) is 3.32. The first-order valence-corrected chi connectivity index (χ1v) is 11.6. The summed E-state index contributed by atoms with van der Waals surface area (Å²) in [5.41, 5.74) is 7.75. The standard InChI is InChI=1S/C25H31FN6O3/c1-5-7-15-30(22-23(27)31(14-6-2)25(35)28-24(22)34)21(33)13-12-20-16(3)29-32(17(20)4)19-10-8-18(26)9-11-19/h8-13H,5-7,14-15,27H2,1-4H3,(H,28,34,35)/b13-12+. The summed E-state index contributed by atoms with van der Waals surface area (Å²) < 4.78 is 16.3. The summed E-state index contributed by atoms with van der Waals surface area (Å²) in [5.74, 6) is -0.812. The highest BCUT2D eigenvalue weighted by atomic mass is 19.1. The van der Waals surface area contributed by atoms with Crippen molar-refractivity contribution in [2.24, 2.45) is 0 Å². The Hall–Kier alpha value is -3.95. The molecule has 3 rings (SSSR count). The Morgan fingerprint density at radius 2 is 1.86 bits per heavy atom. The minimum atomic E-state index is -0.700. The van der Waals surface area contributed by atoms with Crippen molar-refractivity contribution in [3.05, 3.63) is 73.9 Å². The van der Waals surface area contributed by atoms with Crippen LogP contribution in [0.15, 0.2) is 39.9 Å². The zero-order valence-electron chi connectivity index (χ0n) is 20.5. The number of nitrogen functional groups attached to an aromatic ring is 1. The number of hydrogen-bond acceptors (Lipinski definition) is 5. The molecule has 0 saturated heterocycles. The Bertz CT molecular complexity index is 1350. The summed E-state index contributed by atoms with van der Waals surface area (Å²) in [6.45, 7) is 8.11. The number of carbonyl (C=O) groups excluding carboxylic acids is 1. The first kappa shape index (κ1) is 25.7. The number of carbonyl (C=O) groups is 1. The lowest BCUT2D eigenvalue weighted by Crippen LogP contribution is -2.41. The number of H-pyrrole nitrogens is 1. The molecule has 0 aliphatic heterocycles. The van der Waals surface area contributed by atoms with E-state index in [0.29, 0.717) is 30.8 Å². The van der Waals surface area contributed by atoms with Gasteiger partial charge in [0.1, 0.15) is 11.6 Å². The van der Waals surface area contributed by atoms with Gasteiger partial charge in [-0.25, -0.2) is 13.9 Å². The first-order valence-electron chi connectivity index (χ1n) is 11.6. The van der Waals surface area contributed by atoms with Gasteiger partial charge in [0, 0.05) is 30.4 Å². The molecule has 3 N–H and O–H groups in total. The van der Waals surface area contributed by atoms with Gasteiger partial charge in [0.2, 0.25) is 0 Å². The second-order valence-electron chi connectivity index (χ2n) is 8.29. The van der Waals surface area contributed by atoms with E-state index in [9.17, 15) is 18.8 Å². The molecule has 1 aromatic carbocycles. The highest BCUT2D eigenvalue weighted by Crippen LogP contribution is 2.22. The van der Waals surface area contributed by atoms with Crippen molar-refractivity contribution in [2.45, 2.75) is 53.5 Å². The third kappa shape index (κ3) is 5.42. The van der Waals surface area contributed by atoms with Crippen molar-refractivity contribution >= 4 is 23.5 Å². The molecule has 0 spiro atoms. The topological polar surface area (TPSA) is 119 Å². The molecule has 0 unspecified atom stereocenters. The minimum absolute atomic E-state index is 0.0309. The van der Waals surface area contributed by atoms with Crippen LogP contribution in [-0.4, -0.2) is 31.8 Å². The van der Waals surface area contributed by atoms with Gasteiger partial charge in [0.05, 0.1) is 11.4 Å². The first-order chi connectivity index (χ1) is 16.7. The molecule has 2 aromatic heterocycles. The van der Waals surface area contributed by atoms with Crippen LogP contribution in [0.25, 0.3) is 11.8 Å². The van der Waals surface area contributed by atoms with Crippen LogP contribution in [0, 0.1) is 19.7 Å². The highest BCUT2D eigenvalue weighted by molar-refractivity contribution is 6.05. The number of aromatic nitrogens is 4. The van der Waals surface area contributed by atoms with Gasteiger partial charge in [0.15, 0.2) is 5.69 Å². The fraction of sp³-hybridized carbons (Fsp3) is 0.360. The van der Waals surface area contributed by atoms with Crippen molar-refractivity contribution in [1.29, 1.82) is 0 Å². The summed E-state index contributed by atoms with van der Waals surface area (Å²) in [4.78, 5) is 41.8. The molecule has 0 aliphatic rings. The predicted molar refractivity (Wildman–Crippen MR) is 135 cm³/mol. The summed E-state index contributed by atoms with van der Waals surface area (Å²) in [5, 5.41) is 4.52. The number of benzene rings is 1. The lowest BCUT2D eigenvalue weighted by molar-refractivity contribution is -0.114. The minimum Gasteiger partial charge on any atom is -0.383 e. The number of aryl methyl sites for hydroxylation is 1. The van der Waals surface area contributed by atoms with Gasteiger partial charge in [-0.15, -0.1) is 0 Å². The molecule has 0 radical (unpaired) electrons. The van der Waals surface area contributed by atoms with E-state index < -0.39 is 17.2 Å². The molecular formula is C25H31FN6O3. The van der Waals surface area contributed by atoms with Crippen LogP contribution in [0.4, 0.5) is 15.9 Å². The molecule has 2 heterocycles. The molecule has 0 fully saturated rings. The molecular weight excluding hydrogens is 451 g/mol. The summed E-state index contributed by atoms with van der Waals surface area (Å²) >= 11 is 0. The van der Waals surface area contributed by atoms with E-state index in [4.69, 9.17) is 5.73 Å². The Morgan fingerprint density at radius 3 is 2.49 bits per heavy atom. The average molecular weight is 483 g/mol. The van der Waals surface area contributed by atoms with Crippen molar-refractivity contribution in [3.63, 3.8) is 0 Å². The number of nitrogens with two attached hydrogens (primary N) is 1. The number of anilines is 2. The number of amides is 1. The second kappa shape index (κ2) is 11.0. The van der Waals surface area contributed by atoms with Crippen LogP contribution < -0.4 is 21.9 Å². The van der Waals surface area contributed by atoms with Gasteiger partial charge in [0.25, 0.3) is 11.5 Å². The fourth-order valence-electron chi connectivity index (χ4n) is 3.91. The molecule has 35 heavy (non-hydrogen) atoms. The van der Waals surface area contributed by atoms with Crippen LogP contribution in [0.1, 0.15) is 50.1 Å². The molecule has 0 atom stereocenters. The SMILES string of the molecule is CCCCN(C(=O)/C=C/c1c(C)nn(-c2ccc(F)cc2)c1C)c1c(N)n(CCC)c(=O)[nH]c1=O. The average Bonchev–Trinajstić information content (AvgIpc) is 3.10. The molecule has 0 bridgehead atoms. The van der Waals surface area contributed by atoms with Gasteiger partial charge >= 0.3 is 5.69 Å². The summed E-state index contributed by atoms with van der Waals surface area (Å²) in [7, 11) is 0. The Labute approximate surface area is 202 Å². The van der Waals surface area contributed by atoms with Gasteiger partial charge in [-0.1, -0.05) is 20.3 Å². The van der Waals surface area contributed by atoms with E-state index in [1.54, 1.807) is 22.9 Å². The number of nitrogens with zero attached hydrogens (tertiary/aromatic N) is 4. The van der Waals surface area contributed by atoms with E-state index in [1.165, 1.54) is 27.7 Å². The number of aromatic amines is 1. The molecule has 0 saturated carbocycles. The third-order valence-corrected chi connectivity index (χ3v) is 5.74. The number of rotatable bonds is 9. The lowest BCUT2D eigenvalue weighted by Gasteiger charge is -2.23.